The standard InChI is InChI=1S/C28H25FN6O3/c1-16-9-18(6-7-19(16)12-30-26(37)25-33-27(38-34-25)28(2,3)4)24-23-11-21(13-35(23)32-15-31-24)17-5-8-20(14-36)22(29)10-17/h5-11,13-15H,12H2,1-4H3,(H,30,37). The molecule has 9 nitrogen and oxygen atoms in total. The lowest BCUT2D eigenvalue weighted by atomic mass is 9.97. The van der Waals surface area contributed by atoms with Crippen molar-refractivity contribution in [3.63, 3.8) is 0 Å². The van der Waals surface area contributed by atoms with E-state index in [1.54, 1.807) is 16.8 Å². The number of carbonyl (C=O) groups excluding carboxylic acids is 2. The van der Waals surface area contributed by atoms with Crippen LogP contribution in [0.3, 0.4) is 0 Å². The summed E-state index contributed by atoms with van der Waals surface area (Å²) >= 11 is 0. The molecule has 10 heteroatoms. The maximum Gasteiger partial charge on any atom is 0.292 e. The van der Waals surface area contributed by atoms with Gasteiger partial charge in [0, 0.05) is 29.3 Å². The molecule has 3 aromatic heterocycles. The number of aromatic nitrogens is 5. The van der Waals surface area contributed by atoms with Crippen LogP contribution in [-0.4, -0.2) is 36.9 Å². The van der Waals surface area contributed by atoms with Crippen LogP contribution >= 0.6 is 0 Å². The van der Waals surface area contributed by atoms with E-state index in [0.29, 0.717) is 30.0 Å². The molecule has 0 aliphatic heterocycles. The van der Waals surface area contributed by atoms with Crippen LogP contribution in [-0.2, 0) is 12.0 Å². The summed E-state index contributed by atoms with van der Waals surface area (Å²) in [5.74, 6) is -0.594. The van der Waals surface area contributed by atoms with Crippen molar-refractivity contribution in [3.05, 3.63) is 89.2 Å². The number of amides is 1. The zero-order valence-electron chi connectivity index (χ0n) is 21.3. The summed E-state index contributed by atoms with van der Waals surface area (Å²) < 4.78 is 21.1. The van der Waals surface area contributed by atoms with Crippen molar-refractivity contribution in [1.82, 2.24) is 30.1 Å². The Kier molecular flexibility index (Phi) is 6.31. The van der Waals surface area contributed by atoms with Gasteiger partial charge in [0.05, 0.1) is 16.8 Å². The van der Waals surface area contributed by atoms with Crippen molar-refractivity contribution in [2.24, 2.45) is 0 Å². The third kappa shape index (κ3) is 4.80. The van der Waals surface area contributed by atoms with Gasteiger partial charge in [0.15, 0.2) is 6.29 Å². The Morgan fingerprint density at radius 3 is 2.58 bits per heavy atom. The van der Waals surface area contributed by atoms with Crippen molar-refractivity contribution in [3.8, 4) is 22.4 Å². The minimum Gasteiger partial charge on any atom is -0.345 e. The van der Waals surface area contributed by atoms with Gasteiger partial charge in [-0.25, -0.2) is 13.9 Å². The molecule has 0 fully saturated rings. The van der Waals surface area contributed by atoms with Crippen LogP contribution in [0.5, 0.6) is 0 Å². The third-order valence-electron chi connectivity index (χ3n) is 6.19. The van der Waals surface area contributed by atoms with Gasteiger partial charge in [-0.2, -0.15) is 10.1 Å². The fourth-order valence-corrected chi connectivity index (χ4v) is 4.03. The summed E-state index contributed by atoms with van der Waals surface area (Å²) in [6, 6.07) is 12.2. The highest BCUT2D eigenvalue weighted by Gasteiger charge is 2.24. The number of aldehydes is 1. The van der Waals surface area contributed by atoms with Gasteiger partial charge in [-0.1, -0.05) is 44.1 Å². The SMILES string of the molecule is Cc1cc(-c2ncnn3cc(-c4ccc(C=O)c(F)c4)cc23)ccc1CNC(=O)c1noc(C(C)(C)C)n1. The van der Waals surface area contributed by atoms with Crippen molar-refractivity contribution in [2.45, 2.75) is 39.7 Å². The summed E-state index contributed by atoms with van der Waals surface area (Å²) in [4.78, 5) is 32.2. The normalized spacial score (nSPS) is 11.6. The first-order chi connectivity index (χ1) is 18.1. The number of benzene rings is 2. The van der Waals surface area contributed by atoms with Crippen LogP contribution in [0, 0.1) is 12.7 Å². The van der Waals surface area contributed by atoms with Gasteiger partial charge in [0.25, 0.3) is 11.7 Å². The first kappa shape index (κ1) is 24.9. The molecule has 3 heterocycles. The van der Waals surface area contributed by atoms with Crippen molar-refractivity contribution < 1.29 is 18.5 Å². The minimum absolute atomic E-state index is 0.00251. The molecule has 1 amide bonds. The van der Waals surface area contributed by atoms with Crippen LogP contribution < -0.4 is 5.32 Å². The highest BCUT2D eigenvalue weighted by atomic mass is 19.1. The summed E-state index contributed by atoms with van der Waals surface area (Å²) in [6.07, 6.45) is 3.74. The molecule has 0 unspecified atom stereocenters. The second-order valence-corrected chi connectivity index (χ2v) is 10.0. The monoisotopic (exact) mass is 512 g/mol. The largest absolute Gasteiger partial charge is 0.345 e. The molecule has 0 atom stereocenters. The molecule has 5 aromatic rings. The summed E-state index contributed by atoms with van der Waals surface area (Å²) in [7, 11) is 0. The second-order valence-electron chi connectivity index (χ2n) is 10.0. The Morgan fingerprint density at radius 1 is 1.11 bits per heavy atom. The number of rotatable bonds is 6. The Balaban J connectivity index is 1.37. The van der Waals surface area contributed by atoms with Crippen molar-refractivity contribution in [2.75, 3.05) is 0 Å². The van der Waals surface area contributed by atoms with Crippen molar-refractivity contribution in [1.29, 1.82) is 0 Å². The number of hydrogen-bond acceptors (Lipinski definition) is 7. The molecule has 192 valence electrons. The van der Waals surface area contributed by atoms with Gasteiger partial charge in [-0.15, -0.1) is 0 Å². The van der Waals surface area contributed by atoms with Crippen LogP contribution in [0.15, 0.2) is 59.5 Å². The highest BCUT2D eigenvalue weighted by Crippen LogP contribution is 2.30. The molecule has 0 bridgehead atoms. The second kappa shape index (κ2) is 9.62. The van der Waals surface area contributed by atoms with Gasteiger partial charge < -0.3 is 9.84 Å². The van der Waals surface area contributed by atoms with Crippen LogP contribution in [0.2, 0.25) is 0 Å². The summed E-state index contributed by atoms with van der Waals surface area (Å²) in [5.41, 5.74) is 5.24. The number of fused-ring (bicyclic) bond motifs is 1. The summed E-state index contributed by atoms with van der Waals surface area (Å²) in [5, 5.41) is 10.9. The van der Waals surface area contributed by atoms with E-state index in [1.807, 2.05) is 52.0 Å². The van der Waals surface area contributed by atoms with E-state index in [4.69, 9.17) is 4.52 Å². The Bertz CT molecular complexity index is 1680. The predicted molar refractivity (Wildman–Crippen MR) is 138 cm³/mol. The van der Waals surface area contributed by atoms with Gasteiger partial charge in [0.1, 0.15) is 12.1 Å². The average Bonchev–Trinajstić information content (AvgIpc) is 3.55. The molecule has 5 rings (SSSR count). The molecule has 2 aromatic carbocycles. The van der Waals surface area contributed by atoms with Gasteiger partial charge in [0.2, 0.25) is 5.89 Å². The first-order valence-corrected chi connectivity index (χ1v) is 11.9. The number of hydrogen-bond donors (Lipinski definition) is 1. The molecular formula is C28H25FN6O3. The molecule has 1 N–H and O–H groups in total. The number of halogens is 1. The van der Waals surface area contributed by atoms with Crippen LogP contribution in [0.1, 0.15) is 58.8 Å². The molecule has 0 spiro atoms. The fourth-order valence-electron chi connectivity index (χ4n) is 4.03. The van der Waals surface area contributed by atoms with E-state index < -0.39 is 11.7 Å². The zero-order chi connectivity index (χ0) is 27.0. The predicted octanol–water partition coefficient (Wildman–Crippen LogP) is 4.93. The van der Waals surface area contributed by atoms with Crippen LogP contribution in [0.4, 0.5) is 4.39 Å². The summed E-state index contributed by atoms with van der Waals surface area (Å²) in [6.45, 7) is 8.04. The molecule has 0 saturated carbocycles. The number of nitrogens with zero attached hydrogens (tertiary/aromatic N) is 5. The molecule has 38 heavy (non-hydrogen) atoms. The zero-order valence-corrected chi connectivity index (χ0v) is 21.3. The number of aryl methyl sites for hydroxylation is 1. The molecule has 0 saturated heterocycles. The number of nitrogens with one attached hydrogen (secondary N) is 1. The van der Waals surface area contributed by atoms with Gasteiger partial charge in [-0.05, 0) is 47.9 Å². The molecule has 0 aliphatic rings. The van der Waals surface area contributed by atoms with Gasteiger partial charge in [-0.3, -0.25) is 9.59 Å². The van der Waals surface area contributed by atoms with Crippen molar-refractivity contribution >= 4 is 17.7 Å². The van der Waals surface area contributed by atoms with Gasteiger partial charge >= 0.3 is 0 Å². The van der Waals surface area contributed by atoms with E-state index in [-0.39, 0.29) is 16.8 Å². The maximum atomic E-state index is 14.2. The Labute approximate surface area is 217 Å². The Hall–Kier alpha value is -4.73. The third-order valence-corrected chi connectivity index (χ3v) is 6.19. The minimum atomic E-state index is -0.577. The molecular weight excluding hydrogens is 487 g/mol. The lowest BCUT2D eigenvalue weighted by Gasteiger charge is -2.10. The van der Waals surface area contributed by atoms with E-state index in [2.05, 4.69) is 25.5 Å². The number of carbonyl (C=O) groups is 2. The topological polar surface area (TPSA) is 115 Å². The van der Waals surface area contributed by atoms with Crippen LogP contribution in [0.25, 0.3) is 27.9 Å². The van der Waals surface area contributed by atoms with E-state index in [9.17, 15) is 14.0 Å². The van der Waals surface area contributed by atoms with E-state index in [1.165, 1.54) is 18.5 Å². The molecule has 0 radical (unpaired) electrons. The average molecular weight is 513 g/mol. The first-order valence-electron chi connectivity index (χ1n) is 11.9. The fraction of sp³-hybridized carbons (Fsp3) is 0.214. The Morgan fingerprint density at radius 2 is 1.89 bits per heavy atom. The lowest BCUT2D eigenvalue weighted by Crippen LogP contribution is -2.24. The quantitative estimate of drug-likeness (QED) is 0.321. The van der Waals surface area contributed by atoms with E-state index in [0.717, 1.165) is 27.8 Å². The highest BCUT2D eigenvalue weighted by molar-refractivity contribution is 5.90. The van der Waals surface area contributed by atoms with E-state index >= 15 is 0 Å². The maximum absolute atomic E-state index is 14.2. The smallest absolute Gasteiger partial charge is 0.292 e. The molecule has 0 aliphatic carbocycles. The lowest BCUT2D eigenvalue weighted by molar-refractivity contribution is 0.0937.